The fourth-order valence-corrected chi connectivity index (χ4v) is 10.2. The van der Waals surface area contributed by atoms with Gasteiger partial charge in [0.15, 0.2) is 23.6 Å². The minimum absolute atomic E-state index is 0.0378. The van der Waals surface area contributed by atoms with Gasteiger partial charge in [0.2, 0.25) is 0 Å². The van der Waals surface area contributed by atoms with E-state index in [1.807, 2.05) is 0 Å². The Hall–Kier alpha value is -5.94. The van der Waals surface area contributed by atoms with E-state index in [1.54, 1.807) is 99.6 Å². The molecular formula is C47H52N2O14. The Bertz CT molecular complexity index is 2300. The molecule has 1 aliphatic heterocycles. The van der Waals surface area contributed by atoms with E-state index in [0.717, 1.165) is 14.0 Å². The van der Waals surface area contributed by atoms with Crippen LogP contribution in [-0.2, 0) is 38.1 Å². The van der Waals surface area contributed by atoms with Gasteiger partial charge in [0, 0.05) is 30.7 Å². The van der Waals surface area contributed by atoms with Crippen molar-refractivity contribution in [1.29, 1.82) is 0 Å². The highest BCUT2D eigenvalue weighted by atomic mass is 16.8. The molecule has 2 bridgehead atoms. The van der Waals surface area contributed by atoms with Gasteiger partial charge in [0.05, 0.1) is 48.8 Å². The van der Waals surface area contributed by atoms with Crippen molar-refractivity contribution in [2.24, 2.45) is 16.7 Å². The van der Waals surface area contributed by atoms with Crippen LogP contribution in [0.2, 0.25) is 0 Å². The number of carbonyl (C=O) groups is 6. The van der Waals surface area contributed by atoms with Gasteiger partial charge in [0.1, 0.15) is 17.8 Å². The summed E-state index contributed by atoms with van der Waals surface area (Å²) in [4.78, 5) is 83.9. The normalized spacial score (nSPS) is 31.5. The number of fused-ring (bicyclic) bond motifs is 5. The summed E-state index contributed by atoms with van der Waals surface area (Å²) in [6.07, 6.45) is -10.2. The average Bonchev–Trinajstić information content (AvgIpc) is 3.26. The molecule has 5 N–H and O–H groups in total. The number of aliphatic hydroxyl groups excluding tert-OH is 2. The molecule has 16 nitrogen and oxygen atoms in total. The van der Waals surface area contributed by atoms with Crippen LogP contribution in [0.15, 0.2) is 102 Å². The third-order valence-corrected chi connectivity index (χ3v) is 13.7. The van der Waals surface area contributed by atoms with Crippen molar-refractivity contribution in [3.05, 3.63) is 119 Å². The summed E-state index contributed by atoms with van der Waals surface area (Å²) >= 11 is 0. The van der Waals surface area contributed by atoms with Crippen LogP contribution >= 0.6 is 0 Å². The summed E-state index contributed by atoms with van der Waals surface area (Å²) in [5, 5.41) is 43.3. The number of nitrogens with one attached hydrogen (secondary N) is 2. The molecule has 0 spiro atoms. The lowest BCUT2D eigenvalue weighted by Crippen LogP contribution is -2.82. The SMILES string of the molecule is COC(=O)O[C@@]12CO[C@@H]1C[C@H](O)[C@@]1(C)C(=O)[C@H](OC(C)=O)C3=C(C)[C@@H](NC(=O)[C@H](O)[C@@H](NC(=O)c4ccccc4)c4ccccc4)C[C@@](O)([C@@H](OC(=O)c4ccccc4)[C@H]21)C3(C)C. The summed E-state index contributed by atoms with van der Waals surface area (Å²) in [5.74, 6) is -5.87. The van der Waals surface area contributed by atoms with Gasteiger partial charge in [-0.25, -0.2) is 9.59 Å². The minimum atomic E-state index is -2.37. The van der Waals surface area contributed by atoms with Crippen LogP contribution in [0.1, 0.15) is 79.8 Å². The topological polar surface area (TPSA) is 233 Å². The zero-order chi connectivity index (χ0) is 45.6. The summed E-state index contributed by atoms with van der Waals surface area (Å²) in [6, 6.07) is 21.8. The molecule has 0 radical (unpaired) electrons. The monoisotopic (exact) mass is 868 g/mol. The number of esters is 2. The number of rotatable bonds is 10. The fraction of sp³-hybridized carbons (Fsp3) is 0.447. The van der Waals surface area contributed by atoms with E-state index in [-0.39, 0.29) is 35.3 Å². The van der Waals surface area contributed by atoms with Crippen molar-refractivity contribution in [3.63, 3.8) is 0 Å². The molecule has 3 aromatic carbocycles. The molecule has 11 atom stereocenters. The van der Waals surface area contributed by atoms with E-state index in [2.05, 4.69) is 10.6 Å². The number of aliphatic hydroxyl groups is 3. The molecule has 4 aliphatic rings. The Morgan fingerprint density at radius 3 is 2.02 bits per heavy atom. The highest BCUT2D eigenvalue weighted by Crippen LogP contribution is 2.64. The Kier molecular flexibility index (Phi) is 12.2. The minimum Gasteiger partial charge on any atom is -0.455 e. The van der Waals surface area contributed by atoms with Gasteiger partial charge in [-0.1, -0.05) is 80.6 Å². The van der Waals surface area contributed by atoms with E-state index in [1.165, 1.54) is 19.1 Å². The zero-order valence-corrected chi connectivity index (χ0v) is 35.7. The summed E-state index contributed by atoms with van der Waals surface area (Å²) < 4.78 is 29.1. The van der Waals surface area contributed by atoms with Crippen molar-refractivity contribution >= 4 is 35.7 Å². The highest BCUT2D eigenvalue weighted by molar-refractivity contribution is 5.96. The Morgan fingerprint density at radius 1 is 0.873 bits per heavy atom. The number of Topliss-reactive ketones (excluding diaryl/α,β-unsaturated/α-hetero) is 1. The number of ether oxygens (including phenoxy) is 5. The molecule has 3 aliphatic carbocycles. The second-order valence-electron chi connectivity index (χ2n) is 17.5. The zero-order valence-electron chi connectivity index (χ0n) is 35.7. The lowest BCUT2D eigenvalue weighted by atomic mass is 9.44. The fourth-order valence-electron chi connectivity index (χ4n) is 10.2. The molecule has 1 heterocycles. The number of hydrogen-bond acceptors (Lipinski definition) is 14. The predicted octanol–water partition coefficient (Wildman–Crippen LogP) is 3.53. The Labute approximate surface area is 363 Å². The van der Waals surface area contributed by atoms with Gasteiger partial charge in [-0.3, -0.25) is 19.2 Å². The summed E-state index contributed by atoms with van der Waals surface area (Å²) in [5.41, 5.74) is -6.96. The molecule has 334 valence electrons. The molecule has 63 heavy (non-hydrogen) atoms. The van der Waals surface area contributed by atoms with E-state index >= 15 is 4.79 Å². The van der Waals surface area contributed by atoms with E-state index in [9.17, 15) is 39.3 Å². The Morgan fingerprint density at radius 2 is 1.46 bits per heavy atom. The Balaban J connectivity index is 1.39. The molecule has 0 aromatic heterocycles. The van der Waals surface area contributed by atoms with Crippen LogP contribution in [0.4, 0.5) is 4.79 Å². The van der Waals surface area contributed by atoms with Crippen LogP contribution in [0.3, 0.4) is 0 Å². The molecule has 3 aromatic rings. The van der Waals surface area contributed by atoms with Gasteiger partial charge < -0.3 is 49.6 Å². The van der Waals surface area contributed by atoms with Crippen molar-refractivity contribution in [2.45, 2.75) is 101 Å². The molecule has 7 rings (SSSR count). The second kappa shape index (κ2) is 17.0. The molecule has 3 fully saturated rings. The van der Waals surface area contributed by atoms with E-state index in [4.69, 9.17) is 23.7 Å². The largest absolute Gasteiger partial charge is 0.508 e. The predicted molar refractivity (Wildman–Crippen MR) is 221 cm³/mol. The maximum absolute atomic E-state index is 15.5. The van der Waals surface area contributed by atoms with Crippen molar-refractivity contribution < 1.29 is 67.8 Å². The number of benzene rings is 3. The molecular weight excluding hydrogens is 817 g/mol. The smallest absolute Gasteiger partial charge is 0.455 e. The maximum Gasteiger partial charge on any atom is 0.508 e. The molecule has 1 saturated heterocycles. The van der Waals surface area contributed by atoms with Crippen molar-refractivity contribution in [3.8, 4) is 0 Å². The number of hydrogen-bond donors (Lipinski definition) is 5. The first-order valence-electron chi connectivity index (χ1n) is 20.7. The van der Waals surface area contributed by atoms with Gasteiger partial charge in [-0.05, 0) is 54.8 Å². The first-order valence-corrected chi connectivity index (χ1v) is 20.7. The number of methoxy groups -OCH3 is 1. The molecule has 0 unspecified atom stereocenters. The lowest BCUT2D eigenvalue weighted by molar-refractivity contribution is -0.343. The first-order chi connectivity index (χ1) is 29.8. The lowest BCUT2D eigenvalue weighted by Gasteiger charge is -2.67. The van der Waals surface area contributed by atoms with Crippen LogP contribution < -0.4 is 10.6 Å². The number of carbonyl (C=O) groups excluding carboxylic acids is 6. The van der Waals surface area contributed by atoms with Crippen molar-refractivity contribution in [1.82, 2.24) is 10.6 Å². The maximum atomic E-state index is 15.5. The molecule has 2 saturated carbocycles. The van der Waals surface area contributed by atoms with E-state index in [0.29, 0.717) is 5.56 Å². The van der Waals surface area contributed by atoms with Gasteiger partial charge in [0.25, 0.3) is 11.8 Å². The summed E-state index contributed by atoms with van der Waals surface area (Å²) in [7, 11) is 1.08. The van der Waals surface area contributed by atoms with Gasteiger partial charge in [-0.2, -0.15) is 0 Å². The molecule has 16 heteroatoms. The number of amides is 2. The van der Waals surface area contributed by atoms with E-state index < -0.39 is 113 Å². The quantitative estimate of drug-likeness (QED) is 0.112. The molecule has 2 amide bonds. The van der Waals surface area contributed by atoms with Crippen LogP contribution in [0.25, 0.3) is 0 Å². The standard InChI is InChI=1S/C47H52N2O14/c1-25-30(48-41(55)35(52)34(27-16-10-7-11-17-27)49-40(54)28-18-12-8-13-19-28)23-47(58)39(62-42(56)29-20-14-9-15-21-29)37-45(5,38(53)36(61-26(2)50)33(25)44(47,3)4)31(51)22-32-46(37,24-60-32)63-43(57)59-6/h7-21,30-32,34-37,39,51-52,58H,22-24H2,1-6H3,(H,48,55)(H,49,54)/t30-,31-,32+,34-,35+,36+,37-,39-,45+,46-,47+/m0/s1. The van der Waals surface area contributed by atoms with Gasteiger partial charge in [-0.15, -0.1) is 0 Å². The van der Waals surface area contributed by atoms with Crippen LogP contribution in [0.5, 0.6) is 0 Å². The second-order valence-corrected chi connectivity index (χ2v) is 17.5. The van der Waals surface area contributed by atoms with Gasteiger partial charge >= 0.3 is 18.1 Å². The van der Waals surface area contributed by atoms with Crippen molar-refractivity contribution in [2.75, 3.05) is 13.7 Å². The van der Waals surface area contributed by atoms with Crippen LogP contribution in [-0.4, -0.2) is 112 Å². The average molecular weight is 869 g/mol. The first kappa shape index (κ1) is 45.1. The summed E-state index contributed by atoms with van der Waals surface area (Å²) in [6.45, 7) is 6.82. The highest BCUT2D eigenvalue weighted by Gasteiger charge is 2.78. The third-order valence-electron chi connectivity index (χ3n) is 13.7. The van der Waals surface area contributed by atoms with Crippen LogP contribution in [0, 0.1) is 16.7 Å². The number of ketones is 1. The third kappa shape index (κ3) is 7.58.